The summed E-state index contributed by atoms with van der Waals surface area (Å²) in [5.74, 6) is 1.69. The van der Waals surface area contributed by atoms with Crippen molar-refractivity contribution in [1.29, 1.82) is 5.26 Å². The second kappa shape index (κ2) is 5.31. The summed E-state index contributed by atoms with van der Waals surface area (Å²) >= 11 is 7.77. The number of halogens is 1. The standard InChI is InChI=1S/C13H10ClNOS/c1-9-13(4-5-16-9)17-8-11-3-2-10(7-15)6-12(11)14/h2-6H,8H2,1H3. The molecule has 0 N–H and O–H groups in total. The van der Waals surface area contributed by atoms with E-state index in [1.807, 2.05) is 19.1 Å². The Kier molecular flexibility index (Phi) is 3.78. The molecule has 2 nitrogen and oxygen atoms in total. The van der Waals surface area contributed by atoms with E-state index >= 15 is 0 Å². The van der Waals surface area contributed by atoms with Gasteiger partial charge in [-0.1, -0.05) is 17.7 Å². The lowest BCUT2D eigenvalue weighted by molar-refractivity contribution is 0.527. The van der Waals surface area contributed by atoms with Gasteiger partial charge in [-0.05, 0) is 30.7 Å². The van der Waals surface area contributed by atoms with Crippen LogP contribution in [0.1, 0.15) is 16.9 Å². The van der Waals surface area contributed by atoms with Gasteiger partial charge < -0.3 is 4.42 Å². The number of nitriles is 1. The van der Waals surface area contributed by atoms with E-state index in [9.17, 15) is 0 Å². The molecule has 1 aromatic heterocycles. The van der Waals surface area contributed by atoms with Crippen LogP contribution in [-0.2, 0) is 5.75 Å². The zero-order valence-electron chi connectivity index (χ0n) is 9.24. The summed E-state index contributed by atoms with van der Waals surface area (Å²) in [6, 6.07) is 9.38. The average molecular weight is 264 g/mol. The molecule has 17 heavy (non-hydrogen) atoms. The van der Waals surface area contributed by atoms with Crippen LogP contribution >= 0.6 is 23.4 Å². The molecule has 0 bridgehead atoms. The number of aryl methyl sites for hydroxylation is 1. The first-order valence-electron chi connectivity index (χ1n) is 5.06. The maximum Gasteiger partial charge on any atom is 0.114 e. The van der Waals surface area contributed by atoms with Gasteiger partial charge in [-0.2, -0.15) is 5.26 Å². The van der Waals surface area contributed by atoms with Crippen molar-refractivity contribution in [3.63, 3.8) is 0 Å². The summed E-state index contributed by atoms with van der Waals surface area (Å²) in [6.07, 6.45) is 1.68. The highest BCUT2D eigenvalue weighted by atomic mass is 35.5. The van der Waals surface area contributed by atoms with Gasteiger partial charge in [0.05, 0.1) is 17.9 Å². The third-order valence-electron chi connectivity index (χ3n) is 2.38. The van der Waals surface area contributed by atoms with Crippen molar-refractivity contribution in [2.24, 2.45) is 0 Å². The Morgan fingerprint density at radius 3 is 2.82 bits per heavy atom. The molecule has 0 atom stereocenters. The minimum atomic E-state index is 0.586. The Bertz CT molecular complexity index is 571. The summed E-state index contributed by atoms with van der Waals surface area (Å²) in [7, 11) is 0. The van der Waals surface area contributed by atoms with Gasteiger partial charge in [0, 0.05) is 15.7 Å². The van der Waals surface area contributed by atoms with E-state index in [2.05, 4.69) is 6.07 Å². The van der Waals surface area contributed by atoms with Crippen LogP contribution in [0, 0.1) is 18.3 Å². The van der Waals surface area contributed by atoms with E-state index in [-0.39, 0.29) is 0 Å². The number of furan rings is 1. The molecule has 0 saturated carbocycles. The molecule has 0 amide bonds. The normalized spacial score (nSPS) is 10.2. The number of hydrogen-bond acceptors (Lipinski definition) is 3. The molecule has 2 aromatic rings. The van der Waals surface area contributed by atoms with Gasteiger partial charge in [0.2, 0.25) is 0 Å². The van der Waals surface area contributed by atoms with Gasteiger partial charge in [-0.15, -0.1) is 11.8 Å². The van der Waals surface area contributed by atoms with Crippen molar-refractivity contribution in [2.45, 2.75) is 17.6 Å². The second-order valence-electron chi connectivity index (χ2n) is 3.55. The van der Waals surface area contributed by atoms with Crippen molar-refractivity contribution in [1.82, 2.24) is 0 Å². The number of nitrogens with zero attached hydrogens (tertiary/aromatic N) is 1. The molecule has 0 unspecified atom stereocenters. The minimum absolute atomic E-state index is 0.586. The van der Waals surface area contributed by atoms with Crippen LogP contribution in [-0.4, -0.2) is 0 Å². The molecule has 0 spiro atoms. The predicted octanol–water partition coefficient (Wildman–Crippen LogP) is 4.41. The number of rotatable bonds is 3. The molecule has 2 rings (SSSR count). The average Bonchev–Trinajstić information content (AvgIpc) is 2.73. The fourth-order valence-corrected chi connectivity index (χ4v) is 2.70. The summed E-state index contributed by atoms with van der Waals surface area (Å²) in [6.45, 7) is 1.93. The Hall–Kier alpha value is -1.37. The SMILES string of the molecule is Cc1occc1SCc1ccc(C#N)cc1Cl. The van der Waals surface area contributed by atoms with Gasteiger partial charge in [-0.25, -0.2) is 0 Å². The number of thioether (sulfide) groups is 1. The lowest BCUT2D eigenvalue weighted by atomic mass is 10.2. The van der Waals surface area contributed by atoms with Crippen LogP contribution in [0.3, 0.4) is 0 Å². The largest absolute Gasteiger partial charge is 0.468 e. The summed E-state index contributed by atoms with van der Waals surface area (Å²) in [5, 5.41) is 9.38. The molecule has 0 fully saturated rings. The summed E-state index contributed by atoms with van der Waals surface area (Å²) in [4.78, 5) is 1.12. The maximum atomic E-state index is 8.74. The first kappa shape index (κ1) is 12.1. The van der Waals surface area contributed by atoms with E-state index < -0.39 is 0 Å². The monoisotopic (exact) mass is 263 g/mol. The van der Waals surface area contributed by atoms with E-state index in [0.29, 0.717) is 10.6 Å². The van der Waals surface area contributed by atoms with Crippen LogP contribution in [0.5, 0.6) is 0 Å². The molecule has 1 aromatic carbocycles. The molecule has 86 valence electrons. The Morgan fingerprint density at radius 2 is 2.24 bits per heavy atom. The number of benzene rings is 1. The van der Waals surface area contributed by atoms with Crippen molar-refractivity contribution in [3.8, 4) is 6.07 Å². The highest BCUT2D eigenvalue weighted by molar-refractivity contribution is 7.98. The van der Waals surface area contributed by atoms with Crippen LogP contribution in [0.2, 0.25) is 5.02 Å². The lowest BCUT2D eigenvalue weighted by Crippen LogP contribution is -1.84. The second-order valence-corrected chi connectivity index (χ2v) is 4.97. The van der Waals surface area contributed by atoms with Crippen LogP contribution in [0.25, 0.3) is 0 Å². The third-order valence-corrected chi connectivity index (χ3v) is 3.92. The molecule has 4 heteroatoms. The highest BCUT2D eigenvalue weighted by Gasteiger charge is 2.06. The van der Waals surface area contributed by atoms with Crippen molar-refractivity contribution < 1.29 is 4.42 Å². The van der Waals surface area contributed by atoms with Gasteiger partial charge in [-0.3, -0.25) is 0 Å². The highest BCUT2D eigenvalue weighted by Crippen LogP contribution is 2.29. The van der Waals surface area contributed by atoms with Gasteiger partial charge in [0.1, 0.15) is 5.76 Å². The van der Waals surface area contributed by atoms with Gasteiger partial charge in [0.25, 0.3) is 0 Å². The van der Waals surface area contributed by atoms with Crippen LogP contribution in [0.4, 0.5) is 0 Å². The summed E-state index contributed by atoms with van der Waals surface area (Å²) in [5.41, 5.74) is 1.61. The first-order chi connectivity index (χ1) is 8.20. The fourth-order valence-electron chi connectivity index (χ4n) is 1.41. The van der Waals surface area contributed by atoms with Gasteiger partial charge >= 0.3 is 0 Å². The van der Waals surface area contributed by atoms with Crippen molar-refractivity contribution in [2.75, 3.05) is 0 Å². The quantitative estimate of drug-likeness (QED) is 0.770. The number of hydrogen-bond donors (Lipinski definition) is 0. The minimum Gasteiger partial charge on any atom is -0.468 e. The molecule has 0 saturated heterocycles. The molecular formula is C13H10ClNOS. The molecule has 0 aliphatic carbocycles. The molecule has 0 aliphatic heterocycles. The van der Waals surface area contributed by atoms with Crippen LogP contribution < -0.4 is 0 Å². The van der Waals surface area contributed by atoms with Gasteiger partial charge in [0.15, 0.2) is 0 Å². The molecular weight excluding hydrogens is 254 g/mol. The molecule has 0 aliphatic rings. The topological polar surface area (TPSA) is 36.9 Å². The predicted molar refractivity (Wildman–Crippen MR) is 69.2 cm³/mol. The van der Waals surface area contributed by atoms with Crippen LogP contribution in [0.15, 0.2) is 39.8 Å². The van der Waals surface area contributed by atoms with E-state index in [1.54, 1.807) is 30.2 Å². The maximum absolute atomic E-state index is 8.74. The Morgan fingerprint density at radius 1 is 1.41 bits per heavy atom. The van der Waals surface area contributed by atoms with E-state index in [0.717, 1.165) is 22.0 Å². The zero-order valence-corrected chi connectivity index (χ0v) is 10.8. The van der Waals surface area contributed by atoms with E-state index in [4.69, 9.17) is 21.3 Å². The fraction of sp³-hybridized carbons (Fsp3) is 0.154. The van der Waals surface area contributed by atoms with E-state index in [1.165, 1.54) is 0 Å². The molecule has 1 heterocycles. The molecule has 0 radical (unpaired) electrons. The van der Waals surface area contributed by atoms with Crippen molar-refractivity contribution in [3.05, 3.63) is 52.4 Å². The smallest absolute Gasteiger partial charge is 0.114 e. The first-order valence-corrected chi connectivity index (χ1v) is 6.42. The third kappa shape index (κ3) is 2.85. The lowest BCUT2D eigenvalue weighted by Gasteiger charge is -2.03. The van der Waals surface area contributed by atoms with Crippen molar-refractivity contribution >= 4 is 23.4 Å². The zero-order chi connectivity index (χ0) is 12.3. The Labute approximate surface area is 109 Å². The Balaban J connectivity index is 2.10. The summed E-state index contributed by atoms with van der Waals surface area (Å²) < 4.78 is 5.22.